The Balaban J connectivity index is 1.87. The van der Waals surface area contributed by atoms with E-state index in [0.717, 1.165) is 5.56 Å². The van der Waals surface area contributed by atoms with E-state index in [4.69, 9.17) is 5.73 Å². The normalized spacial score (nSPS) is 22.5. The van der Waals surface area contributed by atoms with Crippen LogP contribution in [0.5, 0.6) is 0 Å². The second kappa shape index (κ2) is 4.63. The van der Waals surface area contributed by atoms with Crippen molar-refractivity contribution >= 4 is 23.4 Å². The van der Waals surface area contributed by atoms with Crippen LogP contribution in [0.2, 0.25) is 0 Å². The van der Waals surface area contributed by atoms with Crippen molar-refractivity contribution in [1.29, 1.82) is 0 Å². The lowest BCUT2D eigenvalue weighted by molar-refractivity contribution is -0.132. The van der Waals surface area contributed by atoms with Gasteiger partial charge in [0, 0.05) is 24.2 Å². The van der Waals surface area contributed by atoms with Crippen molar-refractivity contribution in [2.75, 3.05) is 5.73 Å². The van der Waals surface area contributed by atoms with E-state index in [9.17, 15) is 14.4 Å². The SMILES string of the molecule is Nc1ccc2c(c1)CN([C@H]1CCCC(=O)NC1=O)C2=O. The van der Waals surface area contributed by atoms with Gasteiger partial charge < -0.3 is 10.6 Å². The maximum Gasteiger partial charge on any atom is 0.255 e. The number of hydrogen-bond donors (Lipinski definition) is 2. The van der Waals surface area contributed by atoms with Crippen molar-refractivity contribution in [2.24, 2.45) is 0 Å². The third-order valence-electron chi connectivity index (χ3n) is 3.78. The lowest BCUT2D eigenvalue weighted by Gasteiger charge is -2.24. The molecular weight excluding hydrogens is 258 g/mol. The lowest BCUT2D eigenvalue weighted by Crippen LogP contribution is -2.46. The number of imide groups is 1. The maximum absolute atomic E-state index is 12.4. The number of nitrogens with two attached hydrogens (primary N) is 1. The Kier molecular flexibility index (Phi) is 2.93. The predicted molar refractivity (Wildman–Crippen MR) is 71.5 cm³/mol. The van der Waals surface area contributed by atoms with Gasteiger partial charge in [-0.25, -0.2) is 0 Å². The van der Waals surface area contributed by atoms with Gasteiger partial charge in [0.2, 0.25) is 11.8 Å². The predicted octanol–water partition coefficient (Wildman–Crippen LogP) is 0.420. The molecule has 0 saturated carbocycles. The second-order valence-corrected chi connectivity index (χ2v) is 5.17. The van der Waals surface area contributed by atoms with Crippen LogP contribution in [0, 0.1) is 0 Å². The van der Waals surface area contributed by atoms with Crippen LogP contribution in [0.3, 0.4) is 0 Å². The van der Waals surface area contributed by atoms with Crippen LogP contribution in [0.4, 0.5) is 5.69 Å². The first-order valence-corrected chi connectivity index (χ1v) is 6.59. The van der Waals surface area contributed by atoms with Crippen molar-refractivity contribution in [3.8, 4) is 0 Å². The number of anilines is 1. The molecule has 20 heavy (non-hydrogen) atoms. The summed E-state index contributed by atoms with van der Waals surface area (Å²) >= 11 is 0. The molecule has 1 aromatic rings. The summed E-state index contributed by atoms with van der Waals surface area (Å²) in [5.74, 6) is -0.831. The summed E-state index contributed by atoms with van der Waals surface area (Å²) in [6.45, 7) is 0.367. The van der Waals surface area contributed by atoms with E-state index in [1.807, 2.05) is 0 Å². The van der Waals surface area contributed by atoms with E-state index < -0.39 is 6.04 Å². The zero-order valence-electron chi connectivity index (χ0n) is 10.9. The molecule has 2 aliphatic rings. The number of hydrogen-bond acceptors (Lipinski definition) is 4. The molecule has 2 heterocycles. The van der Waals surface area contributed by atoms with Crippen LogP contribution in [0.1, 0.15) is 35.2 Å². The quantitative estimate of drug-likeness (QED) is 0.573. The summed E-state index contributed by atoms with van der Waals surface area (Å²) in [5.41, 5.74) is 7.73. The summed E-state index contributed by atoms with van der Waals surface area (Å²) in [6.07, 6.45) is 1.43. The minimum atomic E-state index is -0.581. The first-order chi connectivity index (χ1) is 9.56. The van der Waals surface area contributed by atoms with Gasteiger partial charge >= 0.3 is 0 Å². The molecule has 104 valence electrons. The number of carbonyl (C=O) groups excluding carboxylic acids is 3. The van der Waals surface area contributed by atoms with Gasteiger partial charge in [-0.3, -0.25) is 19.7 Å². The zero-order chi connectivity index (χ0) is 14.3. The molecule has 0 unspecified atom stereocenters. The number of nitrogens with one attached hydrogen (secondary N) is 1. The van der Waals surface area contributed by atoms with Gasteiger partial charge in [-0.15, -0.1) is 0 Å². The summed E-state index contributed by atoms with van der Waals surface area (Å²) in [6, 6.07) is 4.54. The average Bonchev–Trinajstić information content (AvgIpc) is 2.60. The third-order valence-corrected chi connectivity index (χ3v) is 3.78. The van der Waals surface area contributed by atoms with Crippen molar-refractivity contribution in [1.82, 2.24) is 10.2 Å². The molecule has 6 heteroatoms. The molecule has 2 aliphatic heterocycles. The highest BCUT2D eigenvalue weighted by Gasteiger charge is 2.37. The molecule has 3 N–H and O–H groups in total. The Bertz CT molecular complexity index is 612. The molecule has 0 aromatic heterocycles. The topological polar surface area (TPSA) is 92.5 Å². The number of carbonyl (C=O) groups is 3. The fourth-order valence-electron chi connectivity index (χ4n) is 2.78. The fraction of sp³-hybridized carbons (Fsp3) is 0.357. The number of amides is 3. The van der Waals surface area contributed by atoms with Gasteiger partial charge in [0.15, 0.2) is 0 Å². The molecule has 0 bridgehead atoms. The summed E-state index contributed by atoms with van der Waals surface area (Å²) in [5, 5.41) is 2.33. The van der Waals surface area contributed by atoms with Crippen LogP contribution in [0.15, 0.2) is 18.2 Å². The van der Waals surface area contributed by atoms with Crippen LogP contribution >= 0.6 is 0 Å². The van der Waals surface area contributed by atoms with Gasteiger partial charge in [-0.2, -0.15) is 0 Å². The number of benzene rings is 1. The van der Waals surface area contributed by atoms with Crippen LogP contribution in [-0.2, 0) is 16.1 Å². The number of fused-ring (bicyclic) bond motifs is 1. The van der Waals surface area contributed by atoms with Gasteiger partial charge in [-0.1, -0.05) is 0 Å². The maximum atomic E-state index is 12.4. The second-order valence-electron chi connectivity index (χ2n) is 5.17. The number of rotatable bonds is 1. The van der Waals surface area contributed by atoms with E-state index in [0.29, 0.717) is 37.1 Å². The highest BCUT2D eigenvalue weighted by atomic mass is 16.2. The Morgan fingerprint density at radius 3 is 2.85 bits per heavy atom. The molecule has 1 atom stereocenters. The van der Waals surface area contributed by atoms with Crippen molar-refractivity contribution in [2.45, 2.75) is 31.8 Å². The van der Waals surface area contributed by atoms with E-state index in [1.165, 1.54) is 4.90 Å². The molecule has 0 aliphatic carbocycles. The van der Waals surface area contributed by atoms with E-state index >= 15 is 0 Å². The first-order valence-electron chi connectivity index (χ1n) is 6.59. The van der Waals surface area contributed by atoms with E-state index in [-0.39, 0.29) is 17.7 Å². The Labute approximate surface area is 115 Å². The number of nitrogen functional groups attached to an aromatic ring is 1. The Hall–Kier alpha value is -2.37. The zero-order valence-corrected chi connectivity index (χ0v) is 10.9. The molecule has 3 amide bonds. The standard InChI is InChI=1S/C14H15N3O3/c15-9-4-5-10-8(6-9)7-17(14(10)20)11-2-1-3-12(18)16-13(11)19/h4-6,11H,1-3,7,15H2,(H,16,18,19)/t11-/m0/s1. The number of nitrogens with zero attached hydrogens (tertiary/aromatic N) is 1. The van der Waals surface area contributed by atoms with E-state index in [2.05, 4.69) is 5.32 Å². The van der Waals surface area contributed by atoms with Crippen molar-refractivity contribution in [3.63, 3.8) is 0 Å². The average molecular weight is 273 g/mol. The molecule has 0 spiro atoms. The molecular formula is C14H15N3O3. The highest BCUT2D eigenvalue weighted by Crippen LogP contribution is 2.28. The van der Waals surface area contributed by atoms with E-state index in [1.54, 1.807) is 18.2 Å². The van der Waals surface area contributed by atoms with Gasteiger partial charge in [0.25, 0.3) is 5.91 Å². The monoisotopic (exact) mass is 273 g/mol. The van der Waals surface area contributed by atoms with Gasteiger partial charge in [-0.05, 0) is 36.6 Å². The van der Waals surface area contributed by atoms with Crippen LogP contribution in [0.25, 0.3) is 0 Å². The highest BCUT2D eigenvalue weighted by molar-refractivity contribution is 6.04. The van der Waals surface area contributed by atoms with Gasteiger partial charge in [0.1, 0.15) is 6.04 Å². The third kappa shape index (κ3) is 2.03. The smallest absolute Gasteiger partial charge is 0.255 e. The Morgan fingerprint density at radius 1 is 1.25 bits per heavy atom. The van der Waals surface area contributed by atoms with Crippen molar-refractivity contribution < 1.29 is 14.4 Å². The molecule has 3 rings (SSSR count). The molecule has 6 nitrogen and oxygen atoms in total. The molecule has 1 aromatic carbocycles. The Morgan fingerprint density at radius 2 is 2.05 bits per heavy atom. The minimum absolute atomic E-state index is 0.172. The molecule has 1 saturated heterocycles. The molecule has 1 fully saturated rings. The fourth-order valence-corrected chi connectivity index (χ4v) is 2.78. The molecule has 0 radical (unpaired) electrons. The van der Waals surface area contributed by atoms with Crippen molar-refractivity contribution in [3.05, 3.63) is 29.3 Å². The largest absolute Gasteiger partial charge is 0.399 e. The van der Waals surface area contributed by atoms with Crippen LogP contribution in [-0.4, -0.2) is 28.7 Å². The lowest BCUT2D eigenvalue weighted by atomic mass is 10.1. The summed E-state index contributed by atoms with van der Waals surface area (Å²) in [7, 11) is 0. The minimum Gasteiger partial charge on any atom is -0.399 e. The summed E-state index contributed by atoms with van der Waals surface area (Å²) < 4.78 is 0. The van der Waals surface area contributed by atoms with Crippen LogP contribution < -0.4 is 11.1 Å². The first kappa shape index (κ1) is 12.7. The summed E-state index contributed by atoms with van der Waals surface area (Å²) in [4.78, 5) is 37.3. The van der Waals surface area contributed by atoms with Gasteiger partial charge in [0.05, 0.1) is 0 Å².